The number of carbonyl (C=O) groups is 2. The van der Waals surface area contributed by atoms with Gasteiger partial charge < -0.3 is 64.9 Å². The minimum absolute atomic E-state index is 0.0750. The van der Waals surface area contributed by atoms with E-state index in [-0.39, 0.29) is 30.3 Å². The summed E-state index contributed by atoms with van der Waals surface area (Å²) < 4.78 is 9.73. The number of hydrogen-bond acceptors (Lipinski definition) is 23. The maximum Gasteiger partial charge on any atom is 0.230 e. The normalized spacial score (nSPS) is 22.2. The molecule has 13 aromatic heterocycles. The molecule has 7 N–H and O–H groups in total. The van der Waals surface area contributed by atoms with E-state index in [1.54, 1.807) is 13.8 Å². The van der Waals surface area contributed by atoms with Crippen molar-refractivity contribution in [3.63, 3.8) is 0 Å². The van der Waals surface area contributed by atoms with E-state index in [0.717, 1.165) is 150 Å². The molecule has 4 saturated carbocycles. The van der Waals surface area contributed by atoms with Gasteiger partial charge in [-0.25, -0.2) is 39.9 Å². The van der Waals surface area contributed by atoms with Crippen LogP contribution < -0.4 is 26.6 Å². The summed E-state index contributed by atoms with van der Waals surface area (Å²) >= 11 is 0. The number of benzene rings is 3. The number of aliphatic hydroxyl groups is 2. The average molecular weight is 1840 g/mol. The Balaban J connectivity index is 0.000000109. The molecular formula is C108H125N25O4. The molecule has 0 unspecified atom stereocenters. The molecule has 4 aliphatic heterocycles. The van der Waals surface area contributed by atoms with Crippen molar-refractivity contribution < 1.29 is 19.8 Å². The van der Waals surface area contributed by atoms with Gasteiger partial charge in [-0.2, -0.15) is 19.9 Å². The summed E-state index contributed by atoms with van der Waals surface area (Å²) in [6.07, 6.45) is 29.5. The third kappa shape index (κ3) is 18.6. The Kier molecular flexibility index (Phi) is 25.6. The quantitative estimate of drug-likeness (QED) is 0.0532. The lowest BCUT2D eigenvalue weighted by molar-refractivity contribution is -0.130. The lowest BCUT2D eigenvalue weighted by Crippen LogP contribution is -2.36. The van der Waals surface area contributed by atoms with Crippen LogP contribution in [0.25, 0.3) is 87.7 Å². The fraction of sp³-hybridized carbons (Fsp3) is 0.435. The SMILES string of the molecule is CC(=O)N1Cc2ccc(Nc3ncc4c5ccccc5n(C5CCC(C)CC5)c4n3)nc2[C@@H](C)C1.CC(=O)N1Cc2ccc(Nc3ncc4c5ccccc5n(C5CCC(C)CC5)c4n3)nc2[C@H](C)C1.CC1CCC(n2c3ccccc3c3cnc(Nc4ccc5c(n4)[C@@H](O)CN(CCO)C5)nc32)CC1.Cc1cc2c3cnc(Nc4ccc5c(n4)CCNC5)nc3n(C3CCC(C)CC3)c2cn1. The number of nitrogens with zero attached hydrogens (tertiary/aromatic N) is 20. The predicted molar refractivity (Wildman–Crippen MR) is 541 cm³/mol. The highest BCUT2D eigenvalue weighted by atomic mass is 16.3. The van der Waals surface area contributed by atoms with Crippen molar-refractivity contribution in [1.82, 2.24) is 103 Å². The van der Waals surface area contributed by atoms with Gasteiger partial charge in [-0.15, -0.1) is 0 Å². The van der Waals surface area contributed by atoms with Gasteiger partial charge in [-0.1, -0.05) is 120 Å². The van der Waals surface area contributed by atoms with Crippen molar-refractivity contribution >= 4 is 147 Å². The van der Waals surface area contributed by atoms with Gasteiger partial charge in [0.25, 0.3) is 0 Å². The second-order valence-electron chi connectivity index (χ2n) is 40.3. The van der Waals surface area contributed by atoms with Crippen molar-refractivity contribution in [1.29, 1.82) is 0 Å². The van der Waals surface area contributed by atoms with E-state index >= 15 is 0 Å². The number of anilines is 8. The van der Waals surface area contributed by atoms with Crippen LogP contribution in [0.15, 0.2) is 158 Å². The molecule has 4 fully saturated rings. The van der Waals surface area contributed by atoms with Gasteiger partial charge in [-0.05, 0) is 204 Å². The first-order valence-electron chi connectivity index (χ1n) is 49.9. The number of para-hydroxylation sites is 3. The summed E-state index contributed by atoms with van der Waals surface area (Å²) in [5.74, 6) is 8.88. The molecule has 8 aliphatic rings. The first-order chi connectivity index (χ1) is 66.7. The number of aryl methyl sites for hydroxylation is 1. The zero-order chi connectivity index (χ0) is 93.8. The molecule has 706 valence electrons. The molecule has 24 rings (SSSR count). The predicted octanol–water partition coefficient (Wildman–Crippen LogP) is 21.0. The van der Waals surface area contributed by atoms with Crippen LogP contribution in [-0.4, -0.2) is 159 Å². The van der Waals surface area contributed by atoms with Crippen molar-refractivity contribution in [2.24, 2.45) is 23.7 Å². The number of aliphatic hydroxyl groups excluding tert-OH is 2. The molecule has 3 atom stereocenters. The van der Waals surface area contributed by atoms with Crippen molar-refractivity contribution in [3.8, 4) is 0 Å². The second kappa shape index (κ2) is 38.8. The third-order valence-corrected chi connectivity index (χ3v) is 30.3. The summed E-state index contributed by atoms with van der Waals surface area (Å²) in [4.78, 5) is 92.0. The maximum atomic E-state index is 11.9. The summed E-state index contributed by atoms with van der Waals surface area (Å²) in [6, 6.07) is 45.8. The van der Waals surface area contributed by atoms with E-state index in [1.807, 2.05) is 82.9 Å². The van der Waals surface area contributed by atoms with Gasteiger partial charge in [0.1, 0.15) is 52.0 Å². The summed E-state index contributed by atoms with van der Waals surface area (Å²) in [5, 5.41) is 45.8. The van der Waals surface area contributed by atoms with Crippen LogP contribution in [0, 0.1) is 30.6 Å². The van der Waals surface area contributed by atoms with E-state index in [1.165, 1.54) is 146 Å². The molecule has 3 aromatic carbocycles. The van der Waals surface area contributed by atoms with Gasteiger partial charge in [-0.3, -0.25) is 19.5 Å². The summed E-state index contributed by atoms with van der Waals surface area (Å²) in [5.41, 5.74) is 18.2. The molecule has 0 saturated heterocycles. The topological polar surface area (TPSA) is 332 Å². The van der Waals surface area contributed by atoms with Crippen molar-refractivity contribution in [3.05, 3.63) is 209 Å². The molecule has 0 bridgehead atoms. The zero-order valence-electron chi connectivity index (χ0n) is 80.1. The van der Waals surface area contributed by atoms with Crippen molar-refractivity contribution in [2.45, 2.75) is 240 Å². The third-order valence-electron chi connectivity index (χ3n) is 30.3. The Morgan fingerprint density at radius 1 is 0.380 bits per heavy atom. The summed E-state index contributed by atoms with van der Waals surface area (Å²) in [6.45, 7) is 25.2. The number of β-amino-alcohol motifs (C(OH)–C–C–N with tert-alkyl or cyclic N) is 2. The highest BCUT2D eigenvalue weighted by Gasteiger charge is 2.34. The molecule has 2 amide bonds. The standard InChI is InChI=1S/2C28H32N6O.C27H32N6O2.C25H29N7/c2*1-17-8-11-21(12-9-17)34-24-7-5-4-6-22(24)23-14-29-28(32-27(23)34)31-25-13-10-20-16-33(19(3)35)15-18(2)26(20)30-25;1-17-6-9-19(10-7-17)33-22-5-3-2-4-20(22)21-14-28-27(31-26(21)33)30-24-11-8-18-15-32(12-13-34)16-23(35)25(18)29-24;1-15-3-6-18(7-4-15)32-22-14-27-16(2)11-19(22)20-13-28-25(31-24(20)32)30-23-8-5-17-12-26-10-9-21(17)29-23/h2*4-7,10,13-14,17-18,21H,8-9,11-12,15-16H2,1-3H3,(H,29,30,31,32);2-5,8,11,14,17,19,23,34-35H,6-7,9-10,12-13,15-16H2,1H3,(H,28,29,30,31);5,8,11,13-15,18,26H,3-4,6-7,9-10,12H2,1-2H3,(H,28,29,30,31)/t2*17?,18-,21?;17?,19?,23-;/m100./s1. The highest BCUT2D eigenvalue weighted by Crippen LogP contribution is 2.46. The Labute approximate surface area is 798 Å². The van der Waals surface area contributed by atoms with Crippen LogP contribution in [0.4, 0.5) is 47.1 Å². The van der Waals surface area contributed by atoms with Gasteiger partial charge in [0.2, 0.25) is 35.6 Å². The molecular weight excluding hydrogens is 1710 g/mol. The number of nitrogens with one attached hydrogen (secondary N) is 5. The highest BCUT2D eigenvalue weighted by molar-refractivity contribution is 6.09. The van der Waals surface area contributed by atoms with Crippen molar-refractivity contribution in [2.75, 3.05) is 60.6 Å². The molecule has 0 radical (unpaired) electrons. The number of aromatic nitrogens is 17. The molecule has 137 heavy (non-hydrogen) atoms. The van der Waals surface area contributed by atoms with Gasteiger partial charge >= 0.3 is 0 Å². The van der Waals surface area contributed by atoms with E-state index in [9.17, 15) is 19.8 Å². The summed E-state index contributed by atoms with van der Waals surface area (Å²) in [7, 11) is 0. The molecule has 4 aliphatic carbocycles. The van der Waals surface area contributed by atoms with Crippen LogP contribution in [0.2, 0.25) is 0 Å². The lowest BCUT2D eigenvalue weighted by atomic mass is 9.87. The fourth-order valence-corrected chi connectivity index (χ4v) is 22.8. The monoisotopic (exact) mass is 1840 g/mol. The largest absolute Gasteiger partial charge is 0.395 e. The molecule has 17 heterocycles. The first kappa shape index (κ1) is 90.4. The van der Waals surface area contributed by atoms with Crippen LogP contribution in [-0.2, 0) is 42.2 Å². The van der Waals surface area contributed by atoms with Crippen LogP contribution in [0.5, 0.6) is 0 Å². The average Bonchev–Trinajstić information content (AvgIpc) is 1.60. The smallest absolute Gasteiger partial charge is 0.230 e. The van der Waals surface area contributed by atoms with E-state index in [2.05, 4.69) is 208 Å². The number of hydrogen-bond donors (Lipinski definition) is 7. The zero-order valence-corrected chi connectivity index (χ0v) is 80.1. The fourth-order valence-electron chi connectivity index (χ4n) is 22.8. The Morgan fingerprint density at radius 3 is 1.12 bits per heavy atom. The molecule has 16 aromatic rings. The maximum absolute atomic E-state index is 11.9. The second-order valence-corrected chi connectivity index (χ2v) is 40.3. The molecule has 0 spiro atoms. The van der Waals surface area contributed by atoms with Crippen LogP contribution in [0.3, 0.4) is 0 Å². The number of amides is 2. The Morgan fingerprint density at radius 2 is 0.730 bits per heavy atom. The minimum Gasteiger partial charge on any atom is -0.395 e. The number of fused-ring (bicyclic) bond motifs is 16. The molecule has 29 nitrogen and oxygen atoms in total. The van der Waals surface area contributed by atoms with E-state index < -0.39 is 6.10 Å². The number of rotatable bonds is 14. The first-order valence-corrected chi connectivity index (χ1v) is 49.9. The Bertz CT molecular complexity index is 6980. The number of carbonyl (C=O) groups excluding carboxylic acids is 2. The van der Waals surface area contributed by atoms with Gasteiger partial charge in [0.15, 0.2) is 0 Å². The van der Waals surface area contributed by atoms with E-state index in [4.69, 9.17) is 39.9 Å². The van der Waals surface area contributed by atoms with Crippen LogP contribution >= 0.6 is 0 Å². The molecule has 29 heteroatoms. The number of pyridine rings is 5. The van der Waals surface area contributed by atoms with Gasteiger partial charge in [0, 0.05) is 194 Å². The van der Waals surface area contributed by atoms with Gasteiger partial charge in [0.05, 0.1) is 52.0 Å². The Hall–Kier alpha value is -13.1. The lowest BCUT2D eigenvalue weighted by Gasteiger charge is -2.31. The van der Waals surface area contributed by atoms with Crippen LogP contribution in [0.1, 0.15) is 251 Å². The minimum atomic E-state index is -0.688. The van der Waals surface area contributed by atoms with E-state index in [0.29, 0.717) is 105 Å².